The molecule has 0 bridgehead atoms. The van der Waals surface area contributed by atoms with Gasteiger partial charge in [-0.25, -0.2) is 18.4 Å². The molecule has 0 aliphatic carbocycles. The van der Waals surface area contributed by atoms with Crippen LogP contribution in [0, 0.1) is 6.92 Å². The molecule has 4 rings (SSSR count). The topological polar surface area (TPSA) is 115 Å². The van der Waals surface area contributed by atoms with Crippen molar-refractivity contribution in [2.75, 3.05) is 24.3 Å². The molecule has 36 heavy (non-hydrogen) atoms. The van der Waals surface area contributed by atoms with Gasteiger partial charge in [0.05, 0.1) is 35.8 Å². The van der Waals surface area contributed by atoms with Crippen LogP contribution in [0.4, 0.5) is 23.0 Å². The number of rotatable bonds is 9. The maximum absolute atomic E-state index is 13.3. The van der Waals surface area contributed by atoms with Gasteiger partial charge in [0.25, 0.3) is 10.0 Å². The van der Waals surface area contributed by atoms with Gasteiger partial charge in [-0.15, -0.1) is 0 Å². The van der Waals surface area contributed by atoms with Crippen LogP contribution >= 0.6 is 0 Å². The summed E-state index contributed by atoms with van der Waals surface area (Å²) in [6, 6.07) is 18.7. The SMILES string of the molecule is [CH2]C(CC)=Nc1cccc(S(=O)(=O)Nc2nc3ccccc3nc2Nc2cc(OC)cc(OC)c2)c1. The standard InChI is InChI=1S/C26H26N5O4S/c1-5-17(2)27-18-9-8-10-22(15-18)36(32,33)31-26-25(29-23-11-6-7-12-24(23)30-26)28-19-13-20(34-3)16-21(14-19)35-4/h6-16H,2,5H2,1,3-4H3,(H,28,29)(H,30,31). The molecule has 0 aliphatic heterocycles. The third kappa shape index (κ3) is 5.72. The summed E-state index contributed by atoms with van der Waals surface area (Å²) in [5, 5.41) is 3.14. The van der Waals surface area contributed by atoms with E-state index in [0.717, 1.165) is 0 Å². The second-order valence-corrected chi connectivity index (χ2v) is 9.45. The summed E-state index contributed by atoms with van der Waals surface area (Å²) in [5.74, 6) is 1.37. The Kier molecular flexibility index (Phi) is 7.35. The second kappa shape index (κ2) is 10.6. The Bertz CT molecular complexity index is 1510. The van der Waals surface area contributed by atoms with Gasteiger partial charge >= 0.3 is 0 Å². The predicted octanol–water partition coefficient (Wildman–Crippen LogP) is 5.51. The van der Waals surface area contributed by atoms with E-state index in [1.54, 1.807) is 62.8 Å². The first-order chi connectivity index (χ1) is 17.3. The fraction of sp³-hybridized carbons (Fsp3) is 0.154. The molecule has 185 valence electrons. The van der Waals surface area contributed by atoms with Crippen molar-refractivity contribution in [2.45, 2.75) is 18.2 Å². The number of nitrogens with zero attached hydrogens (tertiary/aromatic N) is 3. The van der Waals surface area contributed by atoms with E-state index in [-0.39, 0.29) is 16.5 Å². The average Bonchev–Trinajstić information content (AvgIpc) is 2.88. The van der Waals surface area contributed by atoms with Crippen LogP contribution in [-0.4, -0.2) is 38.3 Å². The van der Waals surface area contributed by atoms with Crippen LogP contribution < -0.4 is 19.5 Å². The highest BCUT2D eigenvalue weighted by atomic mass is 32.2. The summed E-state index contributed by atoms with van der Waals surface area (Å²) in [4.78, 5) is 13.5. The number of aromatic nitrogens is 2. The summed E-state index contributed by atoms with van der Waals surface area (Å²) in [6.45, 7) is 5.79. The zero-order valence-corrected chi connectivity index (χ0v) is 21.0. The fourth-order valence-corrected chi connectivity index (χ4v) is 4.39. The Morgan fingerprint density at radius 1 is 0.917 bits per heavy atom. The summed E-state index contributed by atoms with van der Waals surface area (Å²) in [6.07, 6.45) is 0.659. The molecule has 4 aromatic rings. The number of methoxy groups -OCH3 is 2. The monoisotopic (exact) mass is 504 g/mol. The van der Waals surface area contributed by atoms with Crippen molar-refractivity contribution < 1.29 is 17.9 Å². The lowest BCUT2D eigenvalue weighted by atomic mass is 10.2. The van der Waals surface area contributed by atoms with Crippen molar-refractivity contribution in [3.8, 4) is 11.5 Å². The number of nitrogens with one attached hydrogen (secondary N) is 2. The quantitative estimate of drug-likeness (QED) is 0.289. The van der Waals surface area contributed by atoms with Gasteiger partial charge < -0.3 is 14.8 Å². The van der Waals surface area contributed by atoms with E-state index in [4.69, 9.17) is 9.47 Å². The van der Waals surface area contributed by atoms with Crippen LogP contribution in [0.5, 0.6) is 11.5 Å². The minimum Gasteiger partial charge on any atom is -0.497 e. The molecule has 0 atom stereocenters. The molecule has 0 fully saturated rings. The molecule has 1 aromatic heterocycles. The number of benzene rings is 3. The molecule has 0 saturated heterocycles. The minimum atomic E-state index is -4.02. The average molecular weight is 505 g/mol. The maximum Gasteiger partial charge on any atom is 0.263 e. The van der Waals surface area contributed by atoms with E-state index < -0.39 is 10.0 Å². The van der Waals surface area contributed by atoms with E-state index in [0.29, 0.717) is 46.0 Å². The number of anilines is 3. The van der Waals surface area contributed by atoms with E-state index in [1.807, 2.05) is 13.0 Å². The van der Waals surface area contributed by atoms with Crippen LogP contribution in [0.3, 0.4) is 0 Å². The second-order valence-electron chi connectivity index (χ2n) is 7.77. The van der Waals surface area contributed by atoms with Crippen LogP contribution in [0.2, 0.25) is 0 Å². The van der Waals surface area contributed by atoms with Gasteiger partial charge in [0.2, 0.25) is 0 Å². The number of fused-ring (bicyclic) bond motifs is 1. The Labute approximate surface area is 210 Å². The highest BCUT2D eigenvalue weighted by Gasteiger charge is 2.20. The van der Waals surface area contributed by atoms with Gasteiger partial charge in [-0.1, -0.05) is 25.1 Å². The van der Waals surface area contributed by atoms with Gasteiger partial charge in [0, 0.05) is 29.6 Å². The van der Waals surface area contributed by atoms with Crippen LogP contribution in [0.25, 0.3) is 11.0 Å². The summed E-state index contributed by atoms with van der Waals surface area (Å²) in [7, 11) is -0.927. The maximum atomic E-state index is 13.3. The normalized spacial score (nSPS) is 11.8. The first-order valence-corrected chi connectivity index (χ1v) is 12.6. The zero-order chi connectivity index (χ0) is 25.7. The van der Waals surface area contributed by atoms with E-state index in [2.05, 4.69) is 31.9 Å². The van der Waals surface area contributed by atoms with E-state index in [1.165, 1.54) is 12.1 Å². The van der Waals surface area contributed by atoms with Crippen molar-refractivity contribution in [3.05, 3.63) is 73.7 Å². The Balaban J connectivity index is 1.76. The highest BCUT2D eigenvalue weighted by molar-refractivity contribution is 7.92. The van der Waals surface area contributed by atoms with Crippen LogP contribution in [0.15, 0.2) is 76.6 Å². The first-order valence-electron chi connectivity index (χ1n) is 11.1. The van der Waals surface area contributed by atoms with Gasteiger partial charge in [-0.05, 0) is 43.7 Å². The smallest absolute Gasteiger partial charge is 0.263 e. The van der Waals surface area contributed by atoms with Gasteiger partial charge in [-0.3, -0.25) is 9.71 Å². The number of sulfonamides is 1. The fourth-order valence-electron chi connectivity index (χ4n) is 3.34. The van der Waals surface area contributed by atoms with Crippen molar-refractivity contribution in [1.29, 1.82) is 0 Å². The predicted molar refractivity (Wildman–Crippen MR) is 142 cm³/mol. The van der Waals surface area contributed by atoms with Gasteiger partial charge in [-0.2, -0.15) is 0 Å². The molecular formula is C26H26N5O4S. The molecule has 1 radical (unpaired) electrons. The van der Waals surface area contributed by atoms with Crippen LogP contribution in [0.1, 0.15) is 13.3 Å². The van der Waals surface area contributed by atoms with E-state index >= 15 is 0 Å². The molecule has 0 unspecified atom stereocenters. The van der Waals surface area contributed by atoms with Gasteiger partial charge in [0.1, 0.15) is 11.5 Å². The van der Waals surface area contributed by atoms with Gasteiger partial charge in [0.15, 0.2) is 11.6 Å². The zero-order valence-electron chi connectivity index (χ0n) is 20.1. The number of hydrogen-bond donors (Lipinski definition) is 2. The molecule has 2 N–H and O–H groups in total. The Hall–Kier alpha value is -4.18. The number of ether oxygens (including phenoxy) is 2. The molecule has 0 amide bonds. The largest absolute Gasteiger partial charge is 0.497 e. The lowest BCUT2D eigenvalue weighted by Gasteiger charge is -2.15. The first kappa shape index (κ1) is 24.9. The molecular weight excluding hydrogens is 478 g/mol. The third-order valence-corrected chi connectivity index (χ3v) is 6.58. The summed E-state index contributed by atoms with van der Waals surface area (Å²) in [5.41, 5.74) is 2.85. The van der Waals surface area contributed by atoms with Crippen molar-refractivity contribution in [3.63, 3.8) is 0 Å². The highest BCUT2D eigenvalue weighted by Crippen LogP contribution is 2.31. The number of hydrogen-bond acceptors (Lipinski definition) is 8. The number of para-hydroxylation sites is 2. The molecule has 1 heterocycles. The molecule has 0 aliphatic rings. The van der Waals surface area contributed by atoms with Crippen molar-refractivity contribution in [2.24, 2.45) is 4.99 Å². The molecule has 0 spiro atoms. The lowest BCUT2D eigenvalue weighted by Crippen LogP contribution is -2.16. The number of aliphatic imine (C=N–C) groups is 1. The Morgan fingerprint density at radius 2 is 1.56 bits per heavy atom. The molecule has 10 heteroatoms. The van der Waals surface area contributed by atoms with Crippen molar-refractivity contribution >= 4 is 49.8 Å². The third-order valence-electron chi connectivity index (χ3n) is 5.24. The Morgan fingerprint density at radius 3 is 2.17 bits per heavy atom. The summed E-state index contributed by atoms with van der Waals surface area (Å²) >= 11 is 0. The lowest BCUT2D eigenvalue weighted by molar-refractivity contribution is 0.395. The summed E-state index contributed by atoms with van der Waals surface area (Å²) < 4.78 is 39.9. The molecule has 9 nitrogen and oxygen atoms in total. The molecule has 3 aromatic carbocycles. The van der Waals surface area contributed by atoms with Crippen molar-refractivity contribution in [1.82, 2.24) is 9.97 Å². The van der Waals surface area contributed by atoms with E-state index in [9.17, 15) is 8.42 Å². The van der Waals surface area contributed by atoms with Crippen LogP contribution in [-0.2, 0) is 10.0 Å². The minimum absolute atomic E-state index is 0.0378. The molecule has 0 saturated carbocycles.